The van der Waals surface area contributed by atoms with Gasteiger partial charge in [0.1, 0.15) is 12.4 Å². The van der Waals surface area contributed by atoms with Crippen LogP contribution < -0.4 is 10.1 Å². The Balaban J connectivity index is 1.20. The van der Waals surface area contributed by atoms with Crippen molar-refractivity contribution in [3.8, 4) is 5.75 Å². The molecule has 5 heteroatoms. The van der Waals surface area contributed by atoms with E-state index in [0.29, 0.717) is 19.3 Å². The number of nitrogens with one attached hydrogen (secondary N) is 1. The van der Waals surface area contributed by atoms with Gasteiger partial charge in [0.05, 0.1) is 23.9 Å². The minimum absolute atomic E-state index is 0.205. The molecule has 1 amide bonds. The third-order valence-electron chi connectivity index (χ3n) is 7.61. The van der Waals surface area contributed by atoms with E-state index >= 15 is 0 Å². The number of carbonyl (C=O) groups is 1. The van der Waals surface area contributed by atoms with E-state index in [9.17, 15) is 4.79 Å². The normalized spacial score (nSPS) is 20.7. The molecule has 3 aromatic rings. The predicted molar refractivity (Wildman–Crippen MR) is 138 cm³/mol. The van der Waals surface area contributed by atoms with Crippen LogP contribution in [0.1, 0.15) is 68.2 Å². The van der Waals surface area contributed by atoms with Crippen LogP contribution in [0.3, 0.4) is 0 Å². The second-order valence-corrected chi connectivity index (χ2v) is 10.1. The molecule has 5 rings (SSSR count). The summed E-state index contributed by atoms with van der Waals surface area (Å²) in [6.07, 6.45) is 8.62. The molecule has 0 spiro atoms. The molecule has 5 nitrogen and oxygen atoms in total. The van der Waals surface area contributed by atoms with Crippen molar-refractivity contribution < 1.29 is 14.3 Å². The molecule has 0 saturated heterocycles. The Morgan fingerprint density at radius 2 is 1.63 bits per heavy atom. The topological polar surface area (TPSA) is 60.5 Å². The summed E-state index contributed by atoms with van der Waals surface area (Å²) in [5, 5.41) is 4.33. The molecule has 2 fully saturated rings. The van der Waals surface area contributed by atoms with Crippen molar-refractivity contribution in [3.63, 3.8) is 0 Å². The van der Waals surface area contributed by atoms with Gasteiger partial charge >= 0.3 is 0 Å². The summed E-state index contributed by atoms with van der Waals surface area (Å²) in [4.78, 5) is 17.4. The van der Waals surface area contributed by atoms with Gasteiger partial charge in [-0.2, -0.15) is 0 Å². The smallest absolute Gasteiger partial charge is 0.223 e. The number of aromatic nitrogens is 1. The molecule has 0 radical (unpaired) electrons. The van der Waals surface area contributed by atoms with E-state index in [-0.39, 0.29) is 17.9 Å². The number of hydrogen-bond acceptors (Lipinski definition) is 4. The zero-order valence-electron chi connectivity index (χ0n) is 20.7. The first-order chi connectivity index (χ1) is 17.2. The van der Waals surface area contributed by atoms with Gasteiger partial charge in [-0.15, -0.1) is 0 Å². The molecule has 0 unspecified atom stereocenters. The highest BCUT2D eigenvalue weighted by molar-refractivity contribution is 5.86. The first-order valence-corrected chi connectivity index (χ1v) is 13.1. The van der Waals surface area contributed by atoms with Crippen LogP contribution in [0.25, 0.3) is 10.9 Å². The number of fused-ring (bicyclic) bond motifs is 1. The van der Waals surface area contributed by atoms with Crippen LogP contribution in [0.4, 0.5) is 0 Å². The number of pyridine rings is 1. The van der Waals surface area contributed by atoms with E-state index in [1.54, 1.807) is 0 Å². The van der Waals surface area contributed by atoms with Gasteiger partial charge in [0.15, 0.2) is 0 Å². The van der Waals surface area contributed by atoms with Crippen molar-refractivity contribution in [2.24, 2.45) is 5.92 Å². The lowest BCUT2D eigenvalue weighted by Gasteiger charge is -2.30. The van der Waals surface area contributed by atoms with Crippen molar-refractivity contribution >= 4 is 16.8 Å². The molecule has 2 saturated carbocycles. The fourth-order valence-corrected chi connectivity index (χ4v) is 5.46. The Kier molecular flexibility index (Phi) is 7.63. The number of para-hydroxylation sites is 1. The lowest BCUT2D eigenvalue weighted by atomic mass is 9.92. The Bertz CT molecular complexity index is 1130. The monoisotopic (exact) mass is 472 g/mol. The average Bonchev–Trinajstić information content (AvgIpc) is 3.44. The number of rotatable bonds is 8. The van der Waals surface area contributed by atoms with Gasteiger partial charge in [0, 0.05) is 22.9 Å². The number of ether oxygens (including phenoxy) is 2. The summed E-state index contributed by atoms with van der Waals surface area (Å²) in [7, 11) is 0. The largest absolute Gasteiger partial charge is 0.488 e. The highest BCUT2D eigenvalue weighted by Crippen LogP contribution is 2.32. The SMILES string of the molecule is Cc1c(COC2CCC(NC(=O)C3CCCC3)CC2)nc2ccccc2c1OCc1ccccc1. The number of nitrogens with zero attached hydrogens (tertiary/aromatic N) is 1. The summed E-state index contributed by atoms with van der Waals surface area (Å²) < 4.78 is 12.7. The fraction of sp³-hybridized carbons (Fsp3) is 0.467. The van der Waals surface area contributed by atoms with Crippen molar-refractivity contribution in [2.45, 2.75) is 83.6 Å². The fourth-order valence-electron chi connectivity index (χ4n) is 5.46. The van der Waals surface area contributed by atoms with Crippen LogP contribution in [0, 0.1) is 12.8 Å². The van der Waals surface area contributed by atoms with E-state index in [1.807, 2.05) is 36.4 Å². The molecule has 1 aromatic heterocycles. The van der Waals surface area contributed by atoms with Crippen LogP contribution in [0.2, 0.25) is 0 Å². The van der Waals surface area contributed by atoms with E-state index < -0.39 is 0 Å². The summed E-state index contributed by atoms with van der Waals surface area (Å²) >= 11 is 0. The minimum Gasteiger partial charge on any atom is -0.488 e. The first kappa shape index (κ1) is 23.8. The molecular weight excluding hydrogens is 436 g/mol. The summed E-state index contributed by atoms with van der Waals surface area (Å²) in [5.41, 5.74) is 4.04. The third-order valence-corrected chi connectivity index (χ3v) is 7.61. The van der Waals surface area contributed by atoms with Crippen molar-refractivity contribution in [3.05, 3.63) is 71.4 Å². The standard InChI is InChI=1S/C30H36N2O3/c1-21-28(20-34-25-17-15-24(16-18-25)31-30(33)23-11-5-6-12-23)32-27-14-8-7-13-26(27)29(21)35-19-22-9-3-2-4-10-22/h2-4,7-10,13-14,23-25H,5-6,11-12,15-20H2,1H3,(H,31,33). The maximum Gasteiger partial charge on any atom is 0.223 e. The van der Waals surface area contributed by atoms with Crippen LogP contribution in [-0.2, 0) is 22.7 Å². The quantitative estimate of drug-likeness (QED) is 0.421. The van der Waals surface area contributed by atoms with Crippen LogP contribution in [0.15, 0.2) is 54.6 Å². The zero-order valence-corrected chi connectivity index (χ0v) is 20.7. The zero-order chi connectivity index (χ0) is 24.0. The van der Waals surface area contributed by atoms with Crippen molar-refractivity contribution in [1.82, 2.24) is 10.3 Å². The predicted octanol–water partition coefficient (Wildman–Crippen LogP) is 6.26. The van der Waals surface area contributed by atoms with Crippen LogP contribution in [0.5, 0.6) is 5.75 Å². The van der Waals surface area contributed by atoms with E-state index in [4.69, 9.17) is 14.5 Å². The molecule has 1 heterocycles. The lowest BCUT2D eigenvalue weighted by molar-refractivity contribution is -0.126. The molecule has 1 N–H and O–H groups in total. The molecule has 0 atom stereocenters. The number of amides is 1. The van der Waals surface area contributed by atoms with Gasteiger partial charge in [-0.1, -0.05) is 55.3 Å². The van der Waals surface area contributed by atoms with Crippen molar-refractivity contribution in [2.75, 3.05) is 0 Å². The molecule has 184 valence electrons. The van der Waals surface area contributed by atoms with Gasteiger partial charge in [0.25, 0.3) is 0 Å². The second kappa shape index (κ2) is 11.2. The molecular formula is C30H36N2O3. The molecule has 2 aromatic carbocycles. The Morgan fingerprint density at radius 3 is 2.40 bits per heavy atom. The van der Waals surface area contributed by atoms with E-state index in [2.05, 4.69) is 30.4 Å². The number of carbonyl (C=O) groups excluding carboxylic acids is 1. The maximum atomic E-state index is 12.5. The van der Waals surface area contributed by atoms with Crippen LogP contribution in [-0.4, -0.2) is 23.0 Å². The summed E-state index contributed by atoms with van der Waals surface area (Å²) in [5.74, 6) is 1.39. The van der Waals surface area contributed by atoms with Crippen molar-refractivity contribution in [1.29, 1.82) is 0 Å². The van der Waals surface area contributed by atoms with E-state index in [0.717, 1.165) is 72.0 Å². The molecule has 2 aliphatic rings. The highest BCUT2D eigenvalue weighted by Gasteiger charge is 2.28. The molecule has 0 aliphatic heterocycles. The average molecular weight is 473 g/mol. The van der Waals surface area contributed by atoms with Gasteiger partial charge in [-0.3, -0.25) is 4.79 Å². The Hall–Kier alpha value is -2.92. The van der Waals surface area contributed by atoms with Gasteiger partial charge in [0.2, 0.25) is 5.91 Å². The van der Waals surface area contributed by atoms with Gasteiger partial charge in [-0.25, -0.2) is 4.98 Å². The first-order valence-electron chi connectivity index (χ1n) is 13.1. The molecule has 2 aliphatic carbocycles. The summed E-state index contributed by atoms with van der Waals surface area (Å²) in [6, 6.07) is 18.7. The Morgan fingerprint density at radius 1 is 0.914 bits per heavy atom. The number of benzene rings is 2. The van der Waals surface area contributed by atoms with Gasteiger partial charge < -0.3 is 14.8 Å². The maximum absolute atomic E-state index is 12.5. The third kappa shape index (κ3) is 5.84. The highest BCUT2D eigenvalue weighted by atomic mass is 16.5. The molecule has 35 heavy (non-hydrogen) atoms. The summed E-state index contributed by atoms with van der Waals surface area (Å²) in [6.45, 7) is 3.07. The van der Waals surface area contributed by atoms with E-state index in [1.165, 1.54) is 12.8 Å². The number of hydrogen-bond donors (Lipinski definition) is 1. The Labute approximate surface area is 208 Å². The van der Waals surface area contributed by atoms with Crippen LogP contribution >= 0.6 is 0 Å². The minimum atomic E-state index is 0.205. The second-order valence-electron chi connectivity index (χ2n) is 10.1. The van der Waals surface area contributed by atoms with Gasteiger partial charge in [-0.05, 0) is 63.1 Å². The lowest BCUT2D eigenvalue weighted by Crippen LogP contribution is -2.41. The molecule has 0 bridgehead atoms.